The first-order valence-electron chi connectivity index (χ1n) is 5.09. The van der Waals surface area contributed by atoms with Crippen LogP contribution in [-0.4, -0.2) is 26.8 Å². The number of rotatable bonds is 4. The summed E-state index contributed by atoms with van der Waals surface area (Å²) in [6.45, 7) is 0. The molecule has 0 unspecified atom stereocenters. The maximum atomic E-state index is 11.8. The topological polar surface area (TPSA) is 96.7 Å². The number of benzene rings is 1. The zero-order valence-corrected chi connectivity index (χ0v) is 13.5. The maximum Gasteiger partial charge on any atom is 0.234 e. The average Bonchev–Trinajstić information content (AvgIpc) is 2.71. The third-order valence-corrected chi connectivity index (χ3v) is 3.72. The number of nitrogens with zero attached hydrogens (tertiary/aromatic N) is 2. The molecule has 0 atom stereocenters. The van der Waals surface area contributed by atoms with Crippen molar-refractivity contribution >= 4 is 61.2 Å². The monoisotopic (exact) mass is 405 g/mol. The molecule has 1 heterocycles. The molecule has 0 bridgehead atoms. The fraction of sp³-hybridized carbons (Fsp3) is 0.100. The van der Waals surface area contributed by atoms with Gasteiger partial charge in [0.25, 0.3) is 0 Å². The number of nitrogens with two attached hydrogens (primary N) is 1. The molecule has 0 spiro atoms. The highest BCUT2D eigenvalue weighted by molar-refractivity contribution is 9.11. The molecule has 19 heavy (non-hydrogen) atoms. The van der Waals surface area contributed by atoms with Crippen LogP contribution in [0.2, 0.25) is 0 Å². The summed E-state index contributed by atoms with van der Waals surface area (Å²) in [6, 6.07) is 5.52. The number of carbonyl (C=O) groups is 1. The van der Waals surface area contributed by atoms with Crippen LogP contribution in [0.1, 0.15) is 0 Å². The highest BCUT2D eigenvalue weighted by atomic mass is 79.9. The number of hydrogen-bond donors (Lipinski definition) is 3. The number of hydrogen-bond acceptors (Lipinski definition) is 5. The maximum absolute atomic E-state index is 11.8. The number of H-pyrrole nitrogens is 1. The molecule has 9 heteroatoms. The van der Waals surface area contributed by atoms with Gasteiger partial charge in [-0.05, 0) is 18.2 Å². The first-order valence-corrected chi connectivity index (χ1v) is 7.67. The lowest BCUT2D eigenvalue weighted by molar-refractivity contribution is -0.113. The van der Waals surface area contributed by atoms with Gasteiger partial charge in [0.1, 0.15) is 0 Å². The molecule has 4 N–H and O–H groups in total. The van der Waals surface area contributed by atoms with E-state index < -0.39 is 0 Å². The minimum atomic E-state index is -0.140. The summed E-state index contributed by atoms with van der Waals surface area (Å²) in [5.41, 5.74) is 6.10. The van der Waals surface area contributed by atoms with E-state index in [-0.39, 0.29) is 17.6 Å². The SMILES string of the molecule is Nc1nc(SCC(=O)Nc2cc(Br)cc(Br)c2)n[nH]1. The van der Waals surface area contributed by atoms with E-state index in [4.69, 9.17) is 5.73 Å². The van der Waals surface area contributed by atoms with Crippen molar-refractivity contribution in [1.82, 2.24) is 15.2 Å². The van der Waals surface area contributed by atoms with Crippen LogP contribution in [0.4, 0.5) is 11.6 Å². The highest BCUT2D eigenvalue weighted by Crippen LogP contribution is 2.23. The summed E-state index contributed by atoms with van der Waals surface area (Å²) >= 11 is 7.92. The molecule has 100 valence electrons. The molecule has 0 fully saturated rings. The molecule has 0 saturated heterocycles. The van der Waals surface area contributed by atoms with E-state index in [0.717, 1.165) is 8.95 Å². The minimum Gasteiger partial charge on any atom is -0.368 e. The van der Waals surface area contributed by atoms with Gasteiger partial charge < -0.3 is 11.1 Å². The lowest BCUT2D eigenvalue weighted by atomic mass is 10.3. The van der Waals surface area contributed by atoms with Crippen LogP contribution in [0.5, 0.6) is 0 Å². The van der Waals surface area contributed by atoms with Gasteiger partial charge in [-0.2, -0.15) is 4.98 Å². The number of anilines is 2. The first-order chi connectivity index (χ1) is 9.02. The zero-order chi connectivity index (χ0) is 13.8. The Kier molecular flexibility index (Phi) is 4.83. The molecular weight excluding hydrogens is 398 g/mol. The summed E-state index contributed by atoms with van der Waals surface area (Å²) in [4.78, 5) is 15.7. The van der Waals surface area contributed by atoms with Crippen molar-refractivity contribution < 1.29 is 4.79 Å². The molecule has 0 aliphatic carbocycles. The molecule has 6 nitrogen and oxygen atoms in total. The van der Waals surface area contributed by atoms with Crippen LogP contribution in [0, 0.1) is 0 Å². The number of halogens is 2. The number of amides is 1. The Morgan fingerprint density at radius 2 is 2.05 bits per heavy atom. The summed E-state index contributed by atoms with van der Waals surface area (Å²) in [7, 11) is 0. The normalized spacial score (nSPS) is 10.4. The smallest absolute Gasteiger partial charge is 0.234 e. The van der Waals surface area contributed by atoms with Crippen LogP contribution in [-0.2, 0) is 4.79 Å². The van der Waals surface area contributed by atoms with Crippen LogP contribution in [0.15, 0.2) is 32.3 Å². The van der Waals surface area contributed by atoms with E-state index in [1.807, 2.05) is 18.2 Å². The fourth-order valence-corrected chi connectivity index (χ4v) is 3.18. The molecule has 0 aliphatic rings. The molecule has 1 amide bonds. The van der Waals surface area contributed by atoms with Crippen molar-refractivity contribution in [3.8, 4) is 0 Å². The Labute approximate surface area is 130 Å². The predicted molar refractivity (Wildman–Crippen MR) is 82.0 cm³/mol. The van der Waals surface area contributed by atoms with Gasteiger partial charge in [-0.15, -0.1) is 5.10 Å². The summed E-state index contributed by atoms with van der Waals surface area (Å²) in [6.07, 6.45) is 0. The van der Waals surface area contributed by atoms with Crippen LogP contribution in [0.3, 0.4) is 0 Å². The lowest BCUT2D eigenvalue weighted by Gasteiger charge is -2.05. The van der Waals surface area contributed by atoms with Crippen molar-refractivity contribution in [1.29, 1.82) is 0 Å². The fourth-order valence-electron chi connectivity index (χ4n) is 1.28. The van der Waals surface area contributed by atoms with Crippen molar-refractivity contribution in [2.24, 2.45) is 0 Å². The predicted octanol–water partition coefficient (Wildman–Crippen LogP) is 2.64. The van der Waals surface area contributed by atoms with E-state index in [1.165, 1.54) is 11.8 Å². The Bertz CT molecular complexity index is 583. The third kappa shape index (κ3) is 4.51. The van der Waals surface area contributed by atoms with Gasteiger partial charge in [-0.3, -0.25) is 4.79 Å². The molecule has 0 saturated carbocycles. The number of aromatic nitrogens is 3. The summed E-state index contributed by atoms with van der Waals surface area (Å²) in [5, 5.41) is 9.57. The molecule has 0 radical (unpaired) electrons. The van der Waals surface area contributed by atoms with Gasteiger partial charge in [-0.25, -0.2) is 5.10 Å². The molecule has 0 aliphatic heterocycles. The van der Waals surface area contributed by atoms with Gasteiger partial charge in [0, 0.05) is 14.6 Å². The zero-order valence-electron chi connectivity index (χ0n) is 9.48. The quantitative estimate of drug-likeness (QED) is 0.678. The molecule has 1 aromatic carbocycles. The van der Waals surface area contributed by atoms with Gasteiger partial charge >= 0.3 is 0 Å². The van der Waals surface area contributed by atoms with Crippen LogP contribution >= 0.6 is 43.6 Å². The Balaban J connectivity index is 1.90. The molecule has 2 aromatic rings. The summed E-state index contributed by atoms with van der Waals surface area (Å²) in [5.74, 6) is 0.304. The summed E-state index contributed by atoms with van der Waals surface area (Å²) < 4.78 is 1.76. The van der Waals surface area contributed by atoms with Crippen molar-refractivity contribution in [2.75, 3.05) is 16.8 Å². The number of nitrogens with one attached hydrogen (secondary N) is 2. The molecule has 1 aromatic heterocycles. The Morgan fingerprint density at radius 1 is 1.37 bits per heavy atom. The number of carbonyl (C=O) groups excluding carboxylic acids is 1. The van der Waals surface area contributed by atoms with E-state index in [1.54, 1.807) is 0 Å². The minimum absolute atomic E-state index is 0.140. The van der Waals surface area contributed by atoms with Crippen LogP contribution < -0.4 is 11.1 Å². The van der Waals surface area contributed by atoms with E-state index >= 15 is 0 Å². The van der Waals surface area contributed by atoms with Crippen molar-refractivity contribution in [3.05, 3.63) is 27.1 Å². The second-order valence-corrected chi connectivity index (χ2v) is 6.27. The standard InChI is InChI=1S/C10H9Br2N5OS/c11-5-1-6(12)3-7(2-5)14-8(18)4-19-10-15-9(13)16-17-10/h1-3H,4H2,(H,14,18)(H3,13,15,16,17). The van der Waals surface area contributed by atoms with Gasteiger partial charge in [0.15, 0.2) is 0 Å². The molecular formula is C10H9Br2N5OS. The number of thioether (sulfide) groups is 1. The number of nitrogen functional groups attached to an aromatic ring is 1. The number of aromatic amines is 1. The second-order valence-electron chi connectivity index (χ2n) is 3.50. The first kappa shape index (κ1) is 14.4. The highest BCUT2D eigenvalue weighted by Gasteiger charge is 2.07. The lowest BCUT2D eigenvalue weighted by Crippen LogP contribution is -2.14. The molecule has 2 rings (SSSR count). The van der Waals surface area contributed by atoms with Gasteiger partial charge in [0.05, 0.1) is 5.75 Å². The van der Waals surface area contributed by atoms with Crippen molar-refractivity contribution in [3.63, 3.8) is 0 Å². The second kappa shape index (κ2) is 6.40. The van der Waals surface area contributed by atoms with E-state index in [2.05, 4.69) is 52.4 Å². The van der Waals surface area contributed by atoms with Crippen LogP contribution in [0.25, 0.3) is 0 Å². The van der Waals surface area contributed by atoms with Gasteiger partial charge in [-0.1, -0.05) is 43.6 Å². The largest absolute Gasteiger partial charge is 0.368 e. The Morgan fingerprint density at radius 3 is 2.63 bits per heavy atom. The van der Waals surface area contributed by atoms with E-state index in [0.29, 0.717) is 10.8 Å². The Hall–Kier alpha value is -1.06. The van der Waals surface area contributed by atoms with E-state index in [9.17, 15) is 4.79 Å². The van der Waals surface area contributed by atoms with Gasteiger partial charge in [0.2, 0.25) is 17.0 Å². The van der Waals surface area contributed by atoms with Crippen molar-refractivity contribution in [2.45, 2.75) is 5.16 Å². The third-order valence-electron chi connectivity index (χ3n) is 1.96. The average molecular weight is 407 g/mol.